The first-order chi connectivity index (χ1) is 24.1. The molecular formula is C37H32BrN5O7. The van der Waals surface area contributed by atoms with E-state index in [9.17, 15) is 19.2 Å². The summed E-state index contributed by atoms with van der Waals surface area (Å²) in [5, 5.41) is 9.89. The zero-order valence-corrected chi connectivity index (χ0v) is 28.9. The van der Waals surface area contributed by atoms with Crippen molar-refractivity contribution in [1.29, 1.82) is 0 Å². The molecule has 50 heavy (non-hydrogen) atoms. The van der Waals surface area contributed by atoms with Crippen molar-refractivity contribution in [1.82, 2.24) is 20.6 Å². The lowest BCUT2D eigenvalue weighted by molar-refractivity contribution is -0.131. The summed E-state index contributed by atoms with van der Waals surface area (Å²) >= 11 is 3.68. The maximum Gasteiger partial charge on any atom is 0.308 e. The molecule has 0 aliphatic carbocycles. The minimum Gasteiger partial charge on any atom is -0.469 e. The summed E-state index contributed by atoms with van der Waals surface area (Å²) in [7, 11) is 0. The molecule has 0 radical (unpaired) electrons. The molecule has 2 aromatic heterocycles. The van der Waals surface area contributed by atoms with Gasteiger partial charge in [-0.05, 0) is 52.0 Å². The van der Waals surface area contributed by atoms with Crippen molar-refractivity contribution < 1.29 is 33.1 Å². The van der Waals surface area contributed by atoms with Crippen LogP contribution in [0.4, 0.5) is 5.69 Å². The minimum absolute atomic E-state index is 0.0236. The van der Waals surface area contributed by atoms with Gasteiger partial charge in [-0.1, -0.05) is 50.2 Å². The Labute approximate surface area is 294 Å². The third-order valence-electron chi connectivity index (χ3n) is 9.57. The third kappa shape index (κ3) is 4.90. The molecular weight excluding hydrogens is 706 g/mol. The van der Waals surface area contributed by atoms with Crippen molar-refractivity contribution in [2.75, 3.05) is 11.9 Å². The van der Waals surface area contributed by atoms with E-state index in [1.165, 1.54) is 13.1 Å². The Morgan fingerprint density at radius 2 is 1.90 bits per heavy atom. The van der Waals surface area contributed by atoms with E-state index < -0.39 is 29.6 Å². The molecule has 1 spiro atoms. The van der Waals surface area contributed by atoms with E-state index in [4.69, 9.17) is 18.9 Å². The fourth-order valence-corrected chi connectivity index (χ4v) is 7.74. The first-order valence-corrected chi connectivity index (χ1v) is 17.1. The van der Waals surface area contributed by atoms with Crippen LogP contribution in [0.3, 0.4) is 0 Å². The van der Waals surface area contributed by atoms with Crippen LogP contribution >= 0.6 is 15.9 Å². The van der Waals surface area contributed by atoms with Crippen molar-refractivity contribution in [3.8, 4) is 11.5 Å². The van der Waals surface area contributed by atoms with E-state index in [1.54, 1.807) is 18.2 Å². The second-order valence-corrected chi connectivity index (χ2v) is 13.9. The number of anilines is 1. The monoisotopic (exact) mass is 737 g/mol. The molecule has 3 unspecified atom stereocenters. The molecule has 12 nitrogen and oxygen atoms in total. The summed E-state index contributed by atoms with van der Waals surface area (Å²) in [4.78, 5) is 60.4. The standard InChI is InChI=1S/C37H32BrN5O7/c1-17(2)29-35-42-32(34(47)40-16-25(45)21-15-39-30-20(21)6-4-9-27(30)48-18(3)44)33(50-35)37-22-7-5-8-24(38)31(22)43-36(37)49-26-12-10-19(14-23(26)37)11-13-28(46)41-29/h4-10,12,14-15,17,29,36,39,43H,11,13,16H2,1-3H3,(H,40,47)(H,41,46). The summed E-state index contributed by atoms with van der Waals surface area (Å²) in [6, 6.07) is 16.1. The number of H-pyrrole nitrogens is 1. The predicted octanol–water partition coefficient (Wildman–Crippen LogP) is 5.69. The highest BCUT2D eigenvalue weighted by Crippen LogP contribution is 2.59. The lowest BCUT2D eigenvalue weighted by Gasteiger charge is -2.28. The van der Waals surface area contributed by atoms with Crippen molar-refractivity contribution in [2.24, 2.45) is 5.92 Å². The van der Waals surface area contributed by atoms with E-state index in [-0.39, 0.29) is 47.9 Å². The number of halogens is 1. The summed E-state index contributed by atoms with van der Waals surface area (Å²) in [6.45, 7) is 4.83. The summed E-state index contributed by atoms with van der Waals surface area (Å²) in [6.07, 6.45) is 1.58. The van der Waals surface area contributed by atoms with E-state index in [2.05, 4.69) is 36.9 Å². The smallest absolute Gasteiger partial charge is 0.308 e. The molecule has 2 amide bonds. The van der Waals surface area contributed by atoms with Gasteiger partial charge in [0.15, 0.2) is 29.2 Å². The van der Waals surface area contributed by atoms with Crippen LogP contribution in [0.2, 0.25) is 0 Å². The molecule has 0 fully saturated rings. The number of hydrogen-bond acceptors (Lipinski definition) is 9. The average molecular weight is 739 g/mol. The Hall–Kier alpha value is -5.43. The SMILES string of the molecule is CC(=O)Oc1cccc2c(C(=O)CNC(=O)c3nc4oc3C35c6cc(ccc6OC3Nc3c(Br)cccc35)CCC(=O)NC4C(C)C)c[nH]c12. The second-order valence-electron chi connectivity index (χ2n) is 13.0. The van der Waals surface area contributed by atoms with Gasteiger partial charge in [-0.3, -0.25) is 19.2 Å². The number of Topliss-reactive ketones (excluding diaryl/α,β-unsaturated/α-hetero) is 1. The summed E-state index contributed by atoms with van der Waals surface area (Å²) in [5.41, 5.74) is 2.97. The number of nitrogens with zero attached hydrogens (tertiary/aromatic N) is 1. The van der Waals surface area contributed by atoms with Crippen molar-refractivity contribution in [3.63, 3.8) is 0 Å². The number of benzene rings is 3. The molecule has 4 bridgehead atoms. The number of fused-ring (bicyclic) bond motifs is 5. The first kappa shape index (κ1) is 31.8. The topological polar surface area (TPSA) is 165 Å². The van der Waals surface area contributed by atoms with Crippen LogP contribution in [-0.2, 0) is 21.4 Å². The number of amides is 2. The van der Waals surface area contributed by atoms with Crippen LogP contribution in [0.25, 0.3) is 10.9 Å². The fourth-order valence-electron chi connectivity index (χ4n) is 7.26. The van der Waals surface area contributed by atoms with Gasteiger partial charge in [0.1, 0.15) is 17.2 Å². The van der Waals surface area contributed by atoms with Gasteiger partial charge in [-0.2, -0.15) is 0 Å². The summed E-state index contributed by atoms with van der Waals surface area (Å²) < 4.78 is 19.3. The zero-order valence-electron chi connectivity index (χ0n) is 27.3. The van der Waals surface area contributed by atoms with Crippen LogP contribution in [0.5, 0.6) is 11.5 Å². The predicted molar refractivity (Wildman–Crippen MR) is 185 cm³/mol. The van der Waals surface area contributed by atoms with E-state index in [0.29, 0.717) is 34.4 Å². The molecule has 13 heteroatoms. The van der Waals surface area contributed by atoms with Gasteiger partial charge in [-0.15, -0.1) is 0 Å². The van der Waals surface area contributed by atoms with Crippen molar-refractivity contribution in [2.45, 2.75) is 51.3 Å². The largest absolute Gasteiger partial charge is 0.469 e. The van der Waals surface area contributed by atoms with Gasteiger partial charge in [0.2, 0.25) is 11.8 Å². The Kier molecular flexibility index (Phi) is 7.55. The Morgan fingerprint density at radius 3 is 2.70 bits per heavy atom. The maximum atomic E-state index is 14.3. The highest BCUT2D eigenvalue weighted by molar-refractivity contribution is 9.10. The molecule has 254 valence electrons. The number of para-hydroxylation sites is 2. The number of aromatic nitrogens is 2. The molecule has 5 heterocycles. The molecule has 4 N–H and O–H groups in total. The number of aromatic amines is 1. The number of rotatable bonds is 6. The number of oxazole rings is 1. The van der Waals surface area contributed by atoms with Gasteiger partial charge < -0.3 is 34.8 Å². The average Bonchev–Trinajstić information content (AvgIpc) is 3.85. The number of aryl methyl sites for hydroxylation is 1. The van der Waals surface area contributed by atoms with Crippen LogP contribution in [0.15, 0.2) is 69.7 Å². The Bertz CT molecular complexity index is 2260. The molecule has 3 aliphatic heterocycles. The van der Waals surface area contributed by atoms with Crippen LogP contribution in [0, 0.1) is 5.92 Å². The van der Waals surface area contributed by atoms with Crippen LogP contribution in [0.1, 0.15) is 82.4 Å². The van der Waals surface area contributed by atoms with E-state index in [0.717, 1.165) is 26.9 Å². The summed E-state index contributed by atoms with van der Waals surface area (Å²) in [5.74, 6) is -0.470. The van der Waals surface area contributed by atoms with E-state index >= 15 is 0 Å². The molecule has 3 atom stereocenters. The van der Waals surface area contributed by atoms with Gasteiger partial charge in [0.25, 0.3) is 5.91 Å². The molecule has 5 aromatic rings. The normalized spacial score (nSPS) is 20.1. The number of hydrogen-bond donors (Lipinski definition) is 4. The molecule has 8 rings (SSSR count). The van der Waals surface area contributed by atoms with Crippen LogP contribution < -0.4 is 25.4 Å². The molecule has 3 aromatic carbocycles. The number of carbonyl (C=O) groups excluding carboxylic acids is 4. The Balaban J connectivity index is 1.24. The molecule has 0 saturated heterocycles. The molecule has 3 aliphatic rings. The number of ketones is 1. The quantitative estimate of drug-likeness (QED) is 0.0973. The van der Waals surface area contributed by atoms with Gasteiger partial charge >= 0.3 is 5.97 Å². The number of carbonyl (C=O) groups is 4. The van der Waals surface area contributed by atoms with Gasteiger partial charge in [0, 0.05) is 46.1 Å². The van der Waals surface area contributed by atoms with Gasteiger partial charge in [0.05, 0.1) is 17.7 Å². The molecule has 0 saturated carbocycles. The number of ether oxygens (including phenoxy) is 2. The zero-order chi connectivity index (χ0) is 34.9. The Morgan fingerprint density at radius 1 is 1.08 bits per heavy atom. The van der Waals surface area contributed by atoms with Crippen LogP contribution in [-0.4, -0.2) is 46.3 Å². The highest BCUT2D eigenvalue weighted by Gasteiger charge is 2.61. The lowest BCUT2D eigenvalue weighted by Crippen LogP contribution is -2.41. The highest BCUT2D eigenvalue weighted by atomic mass is 79.9. The first-order valence-electron chi connectivity index (χ1n) is 16.3. The lowest BCUT2D eigenvalue weighted by atomic mass is 9.72. The van der Waals surface area contributed by atoms with Gasteiger partial charge in [-0.25, -0.2) is 4.98 Å². The number of nitrogens with one attached hydrogen (secondary N) is 4. The van der Waals surface area contributed by atoms with E-state index in [1.807, 2.05) is 50.2 Å². The van der Waals surface area contributed by atoms with Crippen molar-refractivity contribution in [3.05, 3.63) is 105 Å². The maximum absolute atomic E-state index is 14.3. The van der Waals surface area contributed by atoms with Crippen molar-refractivity contribution >= 4 is 56.1 Å². The third-order valence-corrected chi connectivity index (χ3v) is 10.2. The number of esters is 1. The minimum atomic E-state index is -1.14. The second kappa shape index (κ2) is 11.9. The fraction of sp³-hybridized carbons (Fsp3) is 0.270.